The van der Waals surface area contributed by atoms with Crippen molar-refractivity contribution in [3.63, 3.8) is 0 Å². The second kappa shape index (κ2) is 8.11. The van der Waals surface area contributed by atoms with Crippen molar-refractivity contribution in [1.82, 2.24) is 0 Å². The van der Waals surface area contributed by atoms with Gasteiger partial charge < -0.3 is 9.84 Å². The van der Waals surface area contributed by atoms with Gasteiger partial charge in [0, 0.05) is 17.0 Å². The van der Waals surface area contributed by atoms with Gasteiger partial charge in [-0.05, 0) is 65.8 Å². The van der Waals surface area contributed by atoms with Gasteiger partial charge in [0.05, 0.1) is 7.11 Å². The molecule has 2 aromatic carbocycles. The number of rotatable bonds is 6. The van der Waals surface area contributed by atoms with Crippen LogP contribution < -0.4 is 4.74 Å². The molecule has 0 atom stereocenters. The van der Waals surface area contributed by atoms with Crippen molar-refractivity contribution in [3.05, 3.63) is 58.1 Å². The molecule has 0 amide bonds. The Balaban J connectivity index is 2.61. The number of hydrogen-bond acceptors (Lipinski definition) is 3. The Hall–Kier alpha value is -2.13. The van der Waals surface area contributed by atoms with Crippen molar-refractivity contribution in [2.24, 2.45) is 0 Å². The van der Waals surface area contributed by atoms with Crippen LogP contribution in [0.25, 0.3) is 11.6 Å². The van der Waals surface area contributed by atoms with Crippen LogP contribution in [-0.4, -0.2) is 17.6 Å². The van der Waals surface area contributed by atoms with E-state index in [4.69, 9.17) is 17.0 Å². The van der Waals surface area contributed by atoms with E-state index in [1.165, 1.54) is 16.7 Å². The van der Waals surface area contributed by atoms with Crippen LogP contribution in [0.3, 0.4) is 0 Å². The normalized spacial score (nSPS) is 11.4. The molecule has 0 saturated heterocycles. The molecule has 0 aliphatic carbocycles. The number of phenols is 1. The van der Waals surface area contributed by atoms with Crippen molar-refractivity contribution in [2.45, 2.75) is 33.6 Å². The smallest absolute Gasteiger partial charge is 0.129 e. The van der Waals surface area contributed by atoms with E-state index in [0.717, 1.165) is 29.5 Å². The third kappa shape index (κ3) is 3.68. The van der Waals surface area contributed by atoms with Crippen LogP contribution in [0.1, 0.15) is 41.7 Å². The SMILES string of the molecule is CCc1ccc(/C(C=S)=C/c2ccc(O)cc2OC)c(CC)c1C. The predicted molar refractivity (Wildman–Crippen MR) is 106 cm³/mol. The monoisotopic (exact) mass is 340 g/mol. The second-order valence-electron chi connectivity index (χ2n) is 5.73. The number of aromatic hydroxyl groups is 1. The first-order valence-electron chi connectivity index (χ1n) is 8.21. The van der Waals surface area contributed by atoms with Crippen LogP contribution in [0.15, 0.2) is 30.3 Å². The summed E-state index contributed by atoms with van der Waals surface area (Å²) >= 11 is 5.29. The summed E-state index contributed by atoms with van der Waals surface area (Å²) in [6, 6.07) is 9.45. The van der Waals surface area contributed by atoms with Gasteiger partial charge in [-0.15, -0.1) is 0 Å². The van der Waals surface area contributed by atoms with Gasteiger partial charge in [-0.2, -0.15) is 0 Å². The highest BCUT2D eigenvalue weighted by Crippen LogP contribution is 2.30. The van der Waals surface area contributed by atoms with Gasteiger partial charge in [0.1, 0.15) is 11.5 Å². The highest BCUT2D eigenvalue weighted by molar-refractivity contribution is 7.79. The molecule has 0 aromatic heterocycles. The highest BCUT2D eigenvalue weighted by atomic mass is 32.1. The fourth-order valence-electron chi connectivity index (χ4n) is 3.08. The van der Waals surface area contributed by atoms with Crippen molar-refractivity contribution in [3.8, 4) is 11.5 Å². The Kier molecular flexibility index (Phi) is 6.16. The third-order valence-electron chi connectivity index (χ3n) is 4.41. The van der Waals surface area contributed by atoms with Gasteiger partial charge in [-0.3, -0.25) is 0 Å². The fraction of sp³-hybridized carbons (Fsp3) is 0.286. The summed E-state index contributed by atoms with van der Waals surface area (Å²) < 4.78 is 5.37. The van der Waals surface area contributed by atoms with Gasteiger partial charge in [-0.1, -0.05) is 38.2 Å². The summed E-state index contributed by atoms with van der Waals surface area (Å²) in [5, 5.41) is 11.3. The molecule has 2 nitrogen and oxygen atoms in total. The molecule has 0 radical (unpaired) electrons. The van der Waals surface area contributed by atoms with Crippen molar-refractivity contribution in [1.29, 1.82) is 0 Å². The zero-order chi connectivity index (χ0) is 17.7. The molecule has 0 aliphatic rings. The van der Waals surface area contributed by atoms with Gasteiger partial charge in [-0.25, -0.2) is 0 Å². The lowest BCUT2D eigenvalue weighted by atomic mass is 9.90. The minimum atomic E-state index is 0.185. The van der Waals surface area contributed by atoms with E-state index in [1.807, 2.05) is 12.1 Å². The summed E-state index contributed by atoms with van der Waals surface area (Å²) in [6.07, 6.45) is 4.01. The van der Waals surface area contributed by atoms with E-state index in [2.05, 4.69) is 32.9 Å². The maximum absolute atomic E-state index is 9.62. The molecule has 3 heteroatoms. The fourth-order valence-corrected chi connectivity index (χ4v) is 3.27. The molecule has 24 heavy (non-hydrogen) atoms. The number of aryl methyl sites for hydroxylation is 1. The topological polar surface area (TPSA) is 29.5 Å². The van der Waals surface area contributed by atoms with Crippen molar-refractivity contribution < 1.29 is 9.84 Å². The summed E-state index contributed by atoms with van der Waals surface area (Å²) in [7, 11) is 1.60. The molecular weight excluding hydrogens is 316 g/mol. The Morgan fingerprint density at radius 1 is 1.17 bits per heavy atom. The van der Waals surface area contributed by atoms with E-state index in [0.29, 0.717) is 5.75 Å². The van der Waals surface area contributed by atoms with Crippen LogP contribution in [0, 0.1) is 6.92 Å². The molecule has 0 fully saturated rings. The summed E-state index contributed by atoms with van der Waals surface area (Å²) in [6.45, 7) is 6.54. The van der Waals surface area contributed by atoms with E-state index in [-0.39, 0.29) is 5.75 Å². The van der Waals surface area contributed by atoms with Gasteiger partial charge in [0.25, 0.3) is 0 Å². The number of methoxy groups -OCH3 is 1. The van der Waals surface area contributed by atoms with Crippen molar-refractivity contribution in [2.75, 3.05) is 7.11 Å². The molecule has 2 rings (SSSR count). The number of ether oxygens (including phenoxy) is 1. The summed E-state index contributed by atoms with van der Waals surface area (Å²) in [4.78, 5) is 0. The van der Waals surface area contributed by atoms with Crippen molar-refractivity contribution >= 4 is 29.2 Å². The quantitative estimate of drug-likeness (QED) is 0.435. The average molecular weight is 340 g/mol. The van der Waals surface area contributed by atoms with Crippen LogP contribution in [0.5, 0.6) is 11.5 Å². The average Bonchev–Trinajstić information content (AvgIpc) is 2.60. The molecule has 126 valence electrons. The van der Waals surface area contributed by atoms with Gasteiger partial charge in [0.2, 0.25) is 0 Å². The largest absolute Gasteiger partial charge is 0.508 e. The standard InChI is InChI=1S/C21H24O2S/c1-5-15-8-10-20(19(6-2)14(15)3)17(13-24)11-16-7-9-18(22)12-21(16)23-4/h7-13,22H,5-6H2,1-4H3/b17-11+. The Labute approximate surface area is 149 Å². The number of hydrogen-bond donors (Lipinski definition) is 1. The van der Waals surface area contributed by atoms with Crippen LogP contribution >= 0.6 is 12.2 Å². The van der Waals surface area contributed by atoms with Crippen LogP contribution in [0.4, 0.5) is 0 Å². The van der Waals surface area contributed by atoms with E-state index in [1.54, 1.807) is 24.6 Å². The molecule has 0 heterocycles. The molecule has 0 bridgehead atoms. The molecule has 0 saturated carbocycles. The lowest BCUT2D eigenvalue weighted by Crippen LogP contribution is -2.00. The number of phenolic OH excluding ortho intramolecular Hbond substituents is 1. The number of benzene rings is 2. The Morgan fingerprint density at radius 2 is 1.92 bits per heavy atom. The Bertz CT molecular complexity index is 776. The first kappa shape index (κ1) is 18.2. The minimum Gasteiger partial charge on any atom is -0.508 e. The summed E-state index contributed by atoms with van der Waals surface area (Å²) in [5.74, 6) is 0.814. The maximum Gasteiger partial charge on any atom is 0.129 e. The molecular formula is C21H24O2S. The maximum atomic E-state index is 9.62. The minimum absolute atomic E-state index is 0.185. The van der Waals surface area contributed by atoms with Gasteiger partial charge >= 0.3 is 0 Å². The highest BCUT2D eigenvalue weighted by Gasteiger charge is 2.11. The number of thiocarbonyl (C=S) groups is 1. The zero-order valence-corrected chi connectivity index (χ0v) is 15.5. The van der Waals surface area contributed by atoms with E-state index >= 15 is 0 Å². The first-order valence-corrected chi connectivity index (χ1v) is 8.68. The third-order valence-corrected chi connectivity index (χ3v) is 4.67. The van der Waals surface area contributed by atoms with Crippen LogP contribution in [0.2, 0.25) is 0 Å². The molecule has 0 unspecified atom stereocenters. The van der Waals surface area contributed by atoms with E-state index in [9.17, 15) is 5.11 Å². The van der Waals surface area contributed by atoms with E-state index < -0.39 is 0 Å². The molecule has 0 aliphatic heterocycles. The molecule has 2 aromatic rings. The number of allylic oxidation sites excluding steroid dienone is 1. The zero-order valence-electron chi connectivity index (χ0n) is 14.7. The summed E-state index contributed by atoms with van der Waals surface area (Å²) in [5.41, 5.74) is 7.10. The predicted octanol–water partition coefficient (Wildman–Crippen LogP) is 5.37. The lowest BCUT2D eigenvalue weighted by Gasteiger charge is -2.16. The second-order valence-corrected chi connectivity index (χ2v) is 5.96. The lowest BCUT2D eigenvalue weighted by molar-refractivity contribution is 0.407. The Morgan fingerprint density at radius 3 is 2.50 bits per heavy atom. The van der Waals surface area contributed by atoms with Crippen LogP contribution in [-0.2, 0) is 12.8 Å². The molecule has 1 N–H and O–H groups in total. The molecule has 0 spiro atoms. The first-order chi connectivity index (χ1) is 11.5. The van der Waals surface area contributed by atoms with Gasteiger partial charge in [0.15, 0.2) is 0 Å².